The Hall–Kier alpha value is -3.06. The zero-order valence-electron chi connectivity index (χ0n) is 14.7. The molecule has 1 N–H and O–H groups in total. The van der Waals surface area contributed by atoms with E-state index in [9.17, 15) is 24.5 Å². The first kappa shape index (κ1) is 21.2. The number of amides is 1. The minimum Gasteiger partial charge on any atom is -0.465 e. The first-order chi connectivity index (χ1) is 13.3. The Kier molecular flexibility index (Phi) is 7.40. The lowest BCUT2D eigenvalue weighted by Gasteiger charge is -2.04. The molecule has 0 aliphatic carbocycles. The van der Waals surface area contributed by atoms with E-state index in [0.29, 0.717) is 4.34 Å². The van der Waals surface area contributed by atoms with Gasteiger partial charge in [-0.15, -0.1) is 10.2 Å². The van der Waals surface area contributed by atoms with Crippen LogP contribution in [0, 0.1) is 10.1 Å². The first-order valence-electron chi connectivity index (χ1n) is 7.65. The second-order valence-corrected chi connectivity index (χ2v) is 7.14. The molecule has 0 saturated carbocycles. The van der Waals surface area contributed by atoms with Gasteiger partial charge in [0.25, 0.3) is 11.6 Å². The molecule has 1 amide bonds. The molecule has 0 fully saturated rings. The third-order valence-electron chi connectivity index (χ3n) is 3.06. The lowest BCUT2D eigenvalue weighted by Crippen LogP contribution is -2.14. The number of esters is 2. The number of non-ortho nitro benzene ring substituents is 1. The number of anilines is 1. The van der Waals surface area contributed by atoms with Crippen LogP contribution in [0.25, 0.3) is 0 Å². The Labute approximate surface area is 166 Å². The summed E-state index contributed by atoms with van der Waals surface area (Å²) < 4.78 is 9.76. The van der Waals surface area contributed by atoms with E-state index in [2.05, 4.69) is 20.3 Å². The van der Waals surface area contributed by atoms with Gasteiger partial charge in [0, 0.05) is 17.7 Å². The molecule has 0 saturated heterocycles. The van der Waals surface area contributed by atoms with Gasteiger partial charge < -0.3 is 9.47 Å². The van der Waals surface area contributed by atoms with Crippen molar-refractivity contribution >= 4 is 51.8 Å². The van der Waals surface area contributed by atoms with Crippen LogP contribution < -0.4 is 5.32 Å². The number of carbonyl (C=O) groups excluding carboxylic acids is 3. The Balaban J connectivity index is 2.12. The molecule has 0 bridgehead atoms. The Bertz CT molecular complexity index is 916. The summed E-state index contributed by atoms with van der Waals surface area (Å²) in [5.41, 5.74) is -0.689. The highest BCUT2D eigenvalue weighted by Gasteiger charge is 2.19. The highest BCUT2D eigenvalue weighted by atomic mass is 32.2. The molecule has 0 radical (unpaired) electrons. The Morgan fingerprint density at radius 2 is 1.96 bits per heavy atom. The maximum atomic E-state index is 12.4. The molecule has 0 atom stereocenters. The first-order valence-corrected chi connectivity index (χ1v) is 9.45. The molecule has 28 heavy (non-hydrogen) atoms. The topological polar surface area (TPSA) is 151 Å². The summed E-state index contributed by atoms with van der Waals surface area (Å²) in [5, 5.41) is 21.2. The predicted molar refractivity (Wildman–Crippen MR) is 99.7 cm³/mol. The van der Waals surface area contributed by atoms with E-state index in [4.69, 9.17) is 4.74 Å². The summed E-state index contributed by atoms with van der Waals surface area (Å²) in [6.45, 7) is 1.97. The normalized spacial score (nSPS) is 10.2. The zero-order valence-corrected chi connectivity index (χ0v) is 16.3. The zero-order chi connectivity index (χ0) is 20.7. The van der Waals surface area contributed by atoms with Crippen LogP contribution in [0.5, 0.6) is 0 Å². The Morgan fingerprint density at radius 3 is 2.61 bits per heavy atom. The van der Waals surface area contributed by atoms with Crippen molar-refractivity contribution in [3.8, 4) is 0 Å². The van der Waals surface area contributed by atoms with Gasteiger partial charge >= 0.3 is 11.9 Å². The van der Waals surface area contributed by atoms with Crippen molar-refractivity contribution < 1.29 is 28.8 Å². The van der Waals surface area contributed by atoms with Crippen LogP contribution in [0.1, 0.15) is 27.6 Å². The highest BCUT2D eigenvalue weighted by molar-refractivity contribution is 8.01. The lowest BCUT2D eigenvalue weighted by molar-refractivity contribution is -0.384. The summed E-state index contributed by atoms with van der Waals surface area (Å²) in [6.07, 6.45) is 0. The summed E-state index contributed by atoms with van der Waals surface area (Å²) in [7, 11) is 1.12. The largest absolute Gasteiger partial charge is 0.465 e. The average molecular weight is 426 g/mol. The molecule has 1 aromatic carbocycles. The number of thioether (sulfide) groups is 1. The van der Waals surface area contributed by atoms with Crippen molar-refractivity contribution in [2.24, 2.45) is 0 Å². The van der Waals surface area contributed by atoms with Crippen molar-refractivity contribution in [2.75, 3.05) is 24.8 Å². The van der Waals surface area contributed by atoms with Crippen molar-refractivity contribution in [2.45, 2.75) is 11.3 Å². The standard InChI is InChI=1S/C15H14N4O7S2/c1-3-26-11(20)7-27-15-18-17-14(28-15)16-12(21)8-4-9(13(22)25-2)6-10(5-8)19(23)24/h4-6H,3,7H2,1-2H3,(H,16,17,21). The number of hydrogen-bond donors (Lipinski definition) is 1. The molecule has 11 nitrogen and oxygen atoms in total. The number of carbonyl (C=O) groups is 3. The average Bonchev–Trinajstić information content (AvgIpc) is 3.12. The van der Waals surface area contributed by atoms with Crippen LogP contribution in [-0.2, 0) is 14.3 Å². The van der Waals surface area contributed by atoms with Gasteiger partial charge in [-0.25, -0.2) is 4.79 Å². The Morgan fingerprint density at radius 1 is 1.25 bits per heavy atom. The molecule has 0 unspecified atom stereocenters. The third-order valence-corrected chi connectivity index (χ3v) is 5.00. The minimum atomic E-state index is -0.814. The van der Waals surface area contributed by atoms with Gasteiger partial charge in [-0.2, -0.15) is 0 Å². The third kappa shape index (κ3) is 5.72. The van der Waals surface area contributed by atoms with Crippen molar-refractivity contribution in [3.63, 3.8) is 0 Å². The predicted octanol–water partition coefficient (Wildman–Crippen LogP) is 2.14. The number of nitro benzene ring substituents is 1. The number of nitro groups is 1. The number of aromatic nitrogens is 2. The number of nitrogens with one attached hydrogen (secondary N) is 1. The highest BCUT2D eigenvalue weighted by Crippen LogP contribution is 2.26. The van der Waals surface area contributed by atoms with Crippen LogP contribution in [0.15, 0.2) is 22.5 Å². The van der Waals surface area contributed by atoms with Crippen LogP contribution in [-0.4, -0.2) is 52.4 Å². The SMILES string of the molecule is CCOC(=O)CSc1nnc(NC(=O)c2cc(C(=O)OC)cc([N+](=O)[O-])c2)s1. The fraction of sp³-hybridized carbons (Fsp3) is 0.267. The second kappa shape index (κ2) is 9.75. The van der Waals surface area contributed by atoms with Crippen molar-refractivity contribution in [1.82, 2.24) is 10.2 Å². The van der Waals surface area contributed by atoms with Gasteiger partial charge in [0.1, 0.15) is 0 Å². The maximum Gasteiger partial charge on any atom is 0.338 e. The molecular formula is C15H14N4O7S2. The monoisotopic (exact) mass is 426 g/mol. The number of rotatable bonds is 8. The summed E-state index contributed by atoms with van der Waals surface area (Å²) >= 11 is 2.11. The number of methoxy groups -OCH3 is 1. The van der Waals surface area contributed by atoms with Gasteiger partial charge in [-0.3, -0.25) is 25.0 Å². The van der Waals surface area contributed by atoms with Crippen LogP contribution in [0.2, 0.25) is 0 Å². The number of ether oxygens (including phenoxy) is 2. The summed E-state index contributed by atoms with van der Waals surface area (Å²) in [4.78, 5) is 45.7. The molecule has 1 heterocycles. The fourth-order valence-electron chi connectivity index (χ4n) is 1.89. The van der Waals surface area contributed by atoms with Crippen LogP contribution >= 0.6 is 23.1 Å². The van der Waals surface area contributed by atoms with Gasteiger partial charge in [-0.1, -0.05) is 23.1 Å². The lowest BCUT2D eigenvalue weighted by atomic mass is 10.1. The van der Waals surface area contributed by atoms with Gasteiger partial charge in [-0.05, 0) is 13.0 Å². The minimum absolute atomic E-state index is 0.0454. The second-order valence-electron chi connectivity index (χ2n) is 4.94. The maximum absolute atomic E-state index is 12.4. The van der Waals surface area contributed by atoms with E-state index in [1.54, 1.807) is 6.92 Å². The van der Waals surface area contributed by atoms with E-state index in [0.717, 1.165) is 42.3 Å². The van der Waals surface area contributed by atoms with Crippen LogP contribution in [0.3, 0.4) is 0 Å². The van der Waals surface area contributed by atoms with Crippen molar-refractivity contribution in [1.29, 1.82) is 0 Å². The number of nitrogens with zero attached hydrogens (tertiary/aromatic N) is 3. The van der Waals surface area contributed by atoms with Crippen LogP contribution in [0.4, 0.5) is 10.8 Å². The van der Waals surface area contributed by atoms with E-state index < -0.39 is 28.5 Å². The molecular weight excluding hydrogens is 412 g/mol. The molecule has 2 aromatic rings. The van der Waals surface area contributed by atoms with Gasteiger partial charge in [0.15, 0.2) is 4.34 Å². The molecule has 2 rings (SSSR count). The summed E-state index contributed by atoms with van der Waals surface area (Å²) in [6, 6.07) is 3.21. The molecule has 1 aromatic heterocycles. The van der Waals surface area contributed by atoms with Crippen molar-refractivity contribution in [3.05, 3.63) is 39.4 Å². The fourth-order valence-corrected chi connectivity index (χ4v) is 3.44. The molecule has 0 aliphatic rings. The molecule has 0 aliphatic heterocycles. The van der Waals surface area contributed by atoms with Gasteiger partial charge in [0.2, 0.25) is 5.13 Å². The molecule has 0 spiro atoms. The van der Waals surface area contributed by atoms with E-state index in [-0.39, 0.29) is 28.6 Å². The molecule has 148 valence electrons. The number of benzene rings is 1. The van der Waals surface area contributed by atoms with Gasteiger partial charge in [0.05, 0.1) is 30.0 Å². The quantitative estimate of drug-likeness (QED) is 0.218. The number of hydrogen-bond acceptors (Lipinski definition) is 11. The van der Waals surface area contributed by atoms with E-state index in [1.165, 1.54) is 6.07 Å². The van der Waals surface area contributed by atoms with E-state index >= 15 is 0 Å². The summed E-state index contributed by atoms with van der Waals surface area (Å²) in [5.74, 6) is -1.89. The smallest absolute Gasteiger partial charge is 0.338 e. The molecule has 13 heteroatoms. The van der Waals surface area contributed by atoms with E-state index in [1.807, 2.05) is 0 Å².